The molecule has 1 aromatic heterocycles. The van der Waals surface area contributed by atoms with Crippen LogP contribution >= 0.6 is 23.1 Å². The molecule has 0 bridgehead atoms. The lowest BCUT2D eigenvalue weighted by Gasteiger charge is -2.17. The Balaban J connectivity index is 1.61. The summed E-state index contributed by atoms with van der Waals surface area (Å²) in [6.45, 7) is 2.52. The van der Waals surface area contributed by atoms with Gasteiger partial charge in [0.1, 0.15) is 0 Å². The molecule has 0 aliphatic carbocycles. The van der Waals surface area contributed by atoms with E-state index in [2.05, 4.69) is 34.1 Å². The lowest BCUT2D eigenvalue weighted by atomic mass is 10.2. The Morgan fingerprint density at radius 2 is 1.89 bits per heavy atom. The zero-order valence-electron chi connectivity index (χ0n) is 10.5. The smallest absolute Gasteiger partial charge is 0.152 e. The average Bonchev–Trinajstić information content (AvgIpc) is 2.63. The van der Waals surface area contributed by atoms with Gasteiger partial charge in [0.25, 0.3) is 0 Å². The van der Waals surface area contributed by atoms with Crippen LogP contribution in [0, 0.1) is 0 Å². The first-order valence-electron chi connectivity index (χ1n) is 6.62. The Morgan fingerprint density at radius 3 is 2.67 bits per heavy atom. The van der Waals surface area contributed by atoms with E-state index in [4.69, 9.17) is 0 Å². The lowest BCUT2D eigenvalue weighted by molar-refractivity contribution is 0.335. The van der Waals surface area contributed by atoms with E-state index < -0.39 is 0 Å². The monoisotopic (exact) mass is 278 g/mol. The Bertz CT molecular complexity index is 468. The molecule has 0 atom stereocenters. The third-order valence-electron chi connectivity index (χ3n) is 3.34. The van der Waals surface area contributed by atoms with E-state index in [-0.39, 0.29) is 0 Å². The fourth-order valence-electron chi connectivity index (χ4n) is 2.32. The number of hydrogen-bond acceptors (Lipinski definition) is 4. The zero-order valence-corrected chi connectivity index (χ0v) is 12.1. The topological polar surface area (TPSA) is 16.1 Å². The van der Waals surface area contributed by atoms with Crippen LogP contribution in [0.1, 0.15) is 25.7 Å². The van der Waals surface area contributed by atoms with Gasteiger partial charge in [0, 0.05) is 0 Å². The second kappa shape index (κ2) is 6.04. The molecule has 4 heteroatoms. The molecule has 1 saturated heterocycles. The van der Waals surface area contributed by atoms with Crippen molar-refractivity contribution in [3.05, 3.63) is 24.3 Å². The van der Waals surface area contributed by atoms with Crippen LogP contribution in [-0.2, 0) is 0 Å². The number of aromatic nitrogens is 1. The van der Waals surface area contributed by atoms with E-state index in [1.165, 1.54) is 47.8 Å². The lowest BCUT2D eigenvalue weighted by Crippen LogP contribution is -2.23. The predicted octanol–water partition coefficient (Wildman–Crippen LogP) is 4.22. The number of nitrogens with zero attached hydrogens (tertiary/aromatic N) is 2. The van der Waals surface area contributed by atoms with Crippen molar-refractivity contribution in [2.24, 2.45) is 0 Å². The van der Waals surface area contributed by atoms with Gasteiger partial charge in [-0.1, -0.05) is 36.7 Å². The van der Waals surface area contributed by atoms with Gasteiger partial charge in [-0.15, -0.1) is 11.3 Å². The van der Waals surface area contributed by atoms with Crippen LogP contribution in [0.25, 0.3) is 10.2 Å². The average molecular weight is 278 g/mol. The summed E-state index contributed by atoms with van der Waals surface area (Å²) >= 11 is 3.71. The van der Waals surface area contributed by atoms with Crippen molar-refractivity contribution in [3.8, 4) is 0 Å². The maximum Gasteiger partial charge on any atom is 0.152 e. The van der Waals surface area contributed by atoms with Crippen molar-refractivity contribution in [2.45, 2.75) is 30.0 Å². The van der Waals surface area contributed by atoms with Gasteiger partial charge in [-0.25, -0.2) is 4.98 Å². The molecule has 96 valence electrons. The number of para-hydroxylation sites is 1. The first kappa shape index (κ1) is 12.5. The van der Waals surface area contributed by atoms with Crippen molar-refractivity contribution in [3.63, 3.8) is 0 Å². The molecule has 0 unspecified atom stereocenters. The van der Waals surface area contributed by atoms with Crippen molar-refractivity contribution in [2.75, 3.05) is 19.0 Å². The van der Waals surface area contributed by atoms with Crippen LogP contribution < -0.4 is 0 Å². The molecule has 2 nitrogen and oxygen atoms in total. The van der Waals surface area contributed by atoms with Crippen LogP contribution in [-0.4, -0.2) is 28.9 Å². The van der Waals surface area contributed by atoms with Gasteiger partial charge < -0.3 is 0 Å². The molecule has 2 heterocycles. The summed E-state index contributed by atoms with van der Waals surface area (Å²) in [6, 6.07) is 8.40. The molecular weight excluding hydrogens is 260 g/mol. The minimum Gasteiger partial charge on any atom is -0.294 e. The quantitative estimate of drug-likeness (QED) is 0.782. The normalized spacial score (nSPS) is 18.0. The largest absolute Gasteiger partial charge is 0.294 e. The molecular formula is C14H18N2S2. The first-order valence-corrected chi connectivity index (χ1v) is 8.43. The van der Waals surface area contributed by atoms with Crippen molar-refractivity contribution in [1.29, 1.82) is 0 Å². The van der Waals surface area contributed by atoms with E-state index in [1.807, 2.05) is 23.1 Å². The first-order chi connectivity index (χ1) is 8.92. The van der Waals surface area contributed by atoms with Gasteiger partial charge in [0.2, 0.25) is 0 Å². The number of likely N-dealkylation sites (tertiary alicyclic amines) is 1. The Kier molecular flexibility index (Phi) is 4.18. The third kappa shape index (κ3) is 3.05. The molecule has 3 rings (SSSR count). The van der Waals surface area contributed by atoms with Crippen molar-refractivity contribution < 1.29 is 0 Å². The van der Waals surface area contributed by atoms with E-state index in [0.717, 1.165) is 11.4 Å². The van der Waals surface area contributed by atoms with Gasteiger partial charge in [-0.3, -0.25) is 4.90 Å². The molecule has 0 spiro atoms. The predicted molar refractivity (Wildman–Crippen MR) is 80.4 cm³/mol. The van der Waals surface area contributed by atoms with Gasteiger partial charge in [0.15, 0.2) is 4.34 Å². The number of rotatable bonds is 3. The van der Waals surface area contributed by atoms with Crippen molar-refractivity contribution >= 4 is 33.3 Å². The van der Waals surface area contributed by atoms with Gasteiger partial charge in [-0.05, 0) is 38.1 Å². The molecule has 18 heavy (non-hydrogen) atoms. The highest BCUT2D eigenvalue weighted by molar-refractivity contribution is 8.01. The number of thiazole rings is 1. The summed E-state index contributed by atoms with van der Waals surface area (Å²) in [6.07, 6.45) is 5.53. The summed E-state index contributed by atoms with van der Waals surface area (Å²) in [7, 11) is 0. The summed E-state index contributed by atoms with van der Waals surface area (Å²) in [5, 5.41) is 0. The third-order valence-corrected chi connectivity index (χ3v) is 5.61. The van der Waals surface area contributed by atoms with E-state index >= 15 is 0 Å². The number of hydrogen-bond donors (Lipinski definition) is 0. The SMILES string of the molecule is c1ccc2sc(SCN3CCCCCC3)nc2c1. The van der Waals surface area contributed by atoms with E-state index in [0.29, 0.717) is 0 Å². The minimum absolute atomic E-state index is 1.10. The van der Waals surface area contributed by atoms with Crippen LogP contribution in [0.4, 0.5) is 0 Å². The maximum atomic E-state index is 4.68. The van der Waals surface area contributed by atoms with Crippen molar-refractivity contribution in [1.82, 2.24) is 9.88 Å². The summed E-state index contributed by atoms with van der Waals surface area (Å²) < 4.78 is 2.51. The standard InChI is InChI=1S/C14H18N2S2/c1-2-6-10-16(9-5-1)11-17-14-15-12-7-3-4-8-13(12)18-14/h3-4,7-8H,1-2,5-6,9-11H2. The number of benzene rings is 1. The second-order valence-corrected chi connectivity index (χ2v) is 6.98. The van der Waals surface area contributed by atoms with Gasteiger partial charge in [-0.2, -0.15) is 0 Å². The van der Waals surface area contributed by atoms with Crippen LogP contribution in [0.15, 0.2) is 28.6 Å². The molecule has 0 amide bonds. The Labute approximate surface area is 116 Å². The van der Waals surface area contributed by atoms with Gasteiger partial charge >= 0.3 is 0 Å². The fourth-order valence-corrected chi connectivity index (χ4v) is 4.40. The zero-order chi connectivity index (χ0) is 12.2. The van der Waals surface area contributed by atoms with Crippen LogP contribution in [0.3, 0.4) is 0 Å². The molecule has 1 aromatic carbocycles. The molecule has 0 N–H and O–H groups in total. The Morgan fingerprint density at radius 1 is 1.11 bits per heavy atom. The summed E-state index contributed by atoms with van der Waals surface area (Å²) in [4.78, 5) is 7.25. The minimum atomic E-state index is 1.10. The molecule has 2 aromatic rings. The molecule has 0 radical (unpaired) electrons. The highest BCUT2D eigenvalue weighted by Crippen LogP contribution is 2.30. The fraction of sp³-hybridized carbons (Fsp3) is 0.500. The highest BCUT2D eigenvalue weighted by atomic mass is 32.2. The number of fused-ring (bicyclic) bond motifs is 1. The molecule has 0 saturated carbocycles. The van der Waals surface area contributed by atoms with E-state index in [9.17, 15) is 0 Å². The highest BCUT2D eigenvalue weighted by Gasteiger charge is 2.10. The van der Waals surface area contributed by atoms with E-state index in [1.54, 1.807) is 0 Å². The van der Waals surface area contributed by atoms with Crippen LogP contribution in [0.5, 0.6) is 0 Å². The number of thioether (sulfide) groups is 1. The molecule has 1 aliphatic rings. The Hall–Kier alpha value is -0.580. The molecule has 1 fully saturated rings. The molecule has 1 aliphatic heterocycles. The van der Waals surface area contributed by atoms with Gasteiger partial charge in [0.05, 0.1) is 16.1 Å². The summed E-state index contributed by atoms with van der Waals surface area (Å²) in [5.74, 6) is 1.10. The maximum absolute atomic E-state index is 4.68. The van der Waals surface area contributed by atoms with Crippen LogP contribution in [0.2, 0.25) is 0 Å². The second-order valence-electron chi connectivity index (χ2n) is 4.75. The summed E-state index contributed by atoms with van der Waals surface area (Å²) in [5.41, 5.74) is 1.14.